The van der Waals surface area contributed by atoms with Gasteiger partial charge in [0.05, 0.1) is 7.76 Å². The maximum Gasteiger partial charge on any atom is 0.0738 e. The lowest BCUT2D eigenvalue weighted by atomic mass is 10.1. The predicted molar refractivity (Wildman–Crippen MR) is 111 cm³/mol. The Morgan fingerprint density at radius 1 is 0.696 bits per heavy atom. The standard InChI is InChI=1S/C20H13IS2/c21-20-17(15-9-5-2-6-10-15)13-18(23-20)19-16(11-12-22-19)14-7-3-1-4-8-14/h1-13H. The Kier molecular flexibility index (Phi) is 4.33. The summed E-state index contributed by atoms with van der Waals surface area (Å²) in [6.45, 7) is 0. The van der Waals surface area contributed by atoms with E-state index in [1.807, 2.05) is 22.7 Å². The van der Waals surface area contributed by atoms with Gasteiger partial charge in [-0.25, -0.2) is 0 Å². The number of benzene rings is 2. The molecule has 2 aromatic heterocycles. The minimum Gasteiger partial charge on any atom is -0.142 e. The van der Waals surface area contributed by atoms with Gasteiger partial charge in [-0.15, -0.1) is 22.7 Å². The first kappa shape index (κ1) is 15.1. The molecule has 0 fully saturated rings. The zero-order valence-corrected chi connectivity index (χ0v) is 16.0. The molecule has 4 aromatic rings. The molecule has 0 aliphatic rings. The SMILES string of the molecule is Ic1sc(-c2sccc2-c2ccccc2)cc1-c1ccccc1. The summed E-state index contributed by atoms with van der Waals surface area (Å²) >= 11 is 6.15. The zero-order valence-electron chi connectivity index (χ0n) is 12.2. The molecule has 0 radical (unpaired) electrons. The van der Waals surface area contributed by atoms with Gasteiger partial charge in [0.1, 0.15) is 0 Å². The molecule has 0 spiro atoms. The van der Waals surface area contributed by atoms with Crippen LogP contribution in [0.1, 0.15) is 0 Å². The summed E-state index contributed by atoms with van der Waals surface area (Å²) in [5.41, 5.74) is 5.23. The van der Waals surface area contributed by atoms with E-state index in [0.29, 0.717) is 0 Å². The Balaban J connectivity index is 1.81. The Hall–Kier alpha value is -1.43. The summed E-state index contributed by atoms with van der Waals surface area (Å²) in [6, 6.07) is 25.8. The molecule has 2 heterocycles. The molecular formula is C20H13IS2. The van der Waals surface area contributed by atoms with E-state index >= 15 is 0 Å². The highest BCUT2D eigenvalue weighted by Gasteiger charge is 2.15. The van der Waals surface area contributed by atoms with Gasteiger partial charge in [0.25, 0.3) is 0 Å². The maximum atomic E-state index is 2.46. The molecule has 4 rings (SSSR count). The molecule has 2 aromatic carbocycles. The Bertz CT molecular complexity index is 921. The van der Waals surface area contributed by atoms with E-state index in [1.54, 1.807) is 0 Å². The number of hydrogen-bond acceptors (Lipinski definition) is 2. The number of rotatable bonds is 3. The second-order valence-corrected chi connectivity index (χ2v) is 8.97. The van der Waals surface area contributed by atoms with Crippen LogP contribution in [-0.4, -0.2) is 0 Å². The lowest BCUT2D eigenvalue weighted by Crippen LogP contribution is -1.76. The van der Waals surface area contributed by atoms with Gasteiger partial charge >= 0.3 is 0 Å². The fraction of sp³-hybridized carbons (Fsp3) is 0. The van der Waals surface area contributed by atoms with Crippen LogP contribution in [0.4, 0.5) is 0 Å². The van der Waals surface area contributed by atoms with Gasteiger partial charge in [0, 0.05) is 16.0 Å². The van der Waals surface area contributed by atoms with Gasteiger partial charge in [-0.2, -0.15) is 0 Å². The molecule has 0 aliphatic heterocycles. The molecule has 0 nitrogen and oxygen atoms in total. The quantitative estimate of drug-likeness (QED) is 0.289. The molecule has 0 unspecified atom stereocenters. The molecule has 0 aliphatic carbocycles. The highest BCUT2D eigenvalue weighted by molar-refractivity contribution is 14.1. The van der Waals surface area contributed by atoms with Crippen molar-refractivity contribution in [3.8, 4) is 32.0 Å². The van der Waals surface area contributed by atoms with E-state index in [1.165, 1.54) is 34.9 Å². The third-order valence-electron chi connectivity index (χ3n) is 3.75. The molecule has 3 heteroatoms. The van der Waals surface area contributed by atoms with E-state index in [2.05, 4.69) is 101 Å². The lowest BCUT2D eigenvalue weighted by Gasteiger charge is -2.01. The van der Waals surface area contributed by atoms with Crippen molar-refractivity contribution < 1.29 is 0 Å². The van der Waals surface area contributed by atoms with Crippen LogP contribution in [0.5, 0.6) is 0 Å². The largest absolute Gasteiger partial charge is 0.142 e. The summed E-state index contributed by atoms with van der Waals surface area (Å²) in [4.78, 5) is 2.71. The van der Waals surface area contributed by atoms with Gasteiger partial charge in [0.15, 0.2) is 0 Å². The van der Waals surface area contributed by atoms with Crippen LogP contribution in [0, 0.1) is 2.88 Å². The summed E-state index contributed by atoms with van der Waals surface area (Å²) in [5, 5.41) is 2.19. The Morgan fingerprint density at radius 3 is 1.96 bits per heavy atom. The smallest absolute Gasteiger partial charge is 0.0738 e. The third-order valence-corrected chi connectivity index (χ3v) is 7.00. The van der Waals surface area contributed by atoms with Crippen LogP contribution < -0.4 is 0 Å². The first-order chi connectivity index (χ1) is 11.3. The molecule has 23 heavy (non-hydrogen) atoms. The van der Waals surface area contributed by atoms with E-state index in [9.17, 15) is 0 Å². The molecule has 0 bridgehead atoms. The van der Waals surface area contributed by atoms with Crippen LogP contribution in [0.15, 0.2) is 78.2 Å². The van der Waals surface area contributed by atoms with Crippen molar-refractivity contribution in [2.45, 2.75) is 0 Å². The topological polar surface area (TPSA) is 0 Å². The van der Waals surface area contributed by atoms with Crippen LogP contribution in [-0.2, 0) is 0 Å². The molecule has 0 atom stereocenters. The molecule has 112 valence electrons. The predicted octanol–water partition coefficient (Wildman–Crippen LogP) is 7.42. The van der Waals surface area contributed by atoms with Crippen molar-refractivity contribution in [3.05, 3.63) is 81.1 Å². The molecule has 0 amide bonds. The number of halogens is 1. The van der Waals surface area contributed by atoms with Gasteiger partial charge < -0.3 is 0 Å². The number of thiophene rings is 2. The average Bonchev–Trinajstić information content (AvgIpc) is 3.23. The zero-order chi connectivity index (χ0) is 15.6. The van der Waals surface area contributed by atoms with Crippen molar-refractivity contribution in [1.29, 1.82) is 0 Å². The maximum absolute atomic E-state index is 2.46. The van der Waals surface area contributed by atoms with Crippen molar-refractivity contribution >= 4 is 45.3 Å². The van der Waals surface area contributed by atoms with Crippen LogP contribution in [0.3, 0.4) is 0 Å². The molecular weight excluding hydrogens is 431 g/mol. The van der Waals surface area contributed by atoms with Crippen LogP contribution >= 0.6 is 45.3 Å². The van der Waals surface area contributed by atoms with Crippen molar-refractivity contribution in [1.82, 2.24) is 0 Å². The highest BCUT2D eigenvalue weighted by Crippen LogP contribution is 2.44. The van der Waals surface area contributed by atoms with Crippen LogP contribution in [0.25, 0.3) is 32.0 Å². The normalized spacial score (nSPS) is 10.8. The monoisotopic (exact) mass is 444 g/mol. The van der Waals surface area contributed by atoms with Crippen molar-refractivity contribution in [2.75, 3.05) is 0 Å². The molecule has 0 N–H and O–H groups in total. The summed E-state index contributed by atoms with van der Waals surface area (Å²) < 4.78 is 1.34. The first-order valence-electron chi connectivity index (χ1n) is 7.31. The second kappa shape index (κ2) is 6.59. The summed E-state index contributed by atoms with van der Waals surface area (Å²) in [5.74, 6) is 0. The Labute approximate surface area is 157 Å². The van der Waals surface area contributed by atoms with E-state index < -0.39 is 0 Å². The molecule has 0 saturated carbocycles. The van der Waals surface area contributed by atoms with E-state index in [0.717, 1.165) is 0 Å². The second-order valence-electron chi connectivity index (χ2n) is 5.19. The van der Waals surface area contributed by atoms with Gasteiger partial charge in [-0.3, -0.25) is 0 Å². The fourth-order valence-electron chi connectivity index (χ4n) is 2.64. The van der Waals surface area contributed by atoms with Crippen LogP contribution in [0.2, 0.25) is 0 Å². The lowest BCUT2D eigenvalue weighted by molar-refractivity contribution is 1.66. The minimum absolute atomic E-state index is 1.29. The highest BCUT2D eigenvalue weighted by atomic mass is 127. The number of hydrogen-bond donors (Lipinski definition) is 0. The van der Waals surface area contributed by atoms with Crippen molar-refractivity contribution in [2.24, 2.45) is 0 Å². The summed E-state index contributed by atoms with van der Waals surface area (Å²) in [7, 11) is 0. The fourth-order valence-corrected chi connectivity index (χ4v) is 5.78. The van der Waals surface area contributed by atoms with Gasteiger partial charge in [-0.05, 0) is 51.2 Å². The average molecular weight is 444 g/mol. The van der Waals surface area contributed by atoms with Gasteiger partial charge in [-0.1, -0.05) is 60.7 Å². The van der Waals surface area contributed by atoms with E-state index in [4.69, 9.17) is 0 Å². The van der Waals surface area contributed by atoms with Crippen molar-refractivity contribution in [3.63, 3.8) is 0 Å². The van der Waals surface area contributed by atoms with E-state index in [-0.39, 0.29) is 0 Å². The molecule has 0 saturated heterocycles. The Morgan fingerprint density at radius 2 is 1.30 bits per heavy atom. The minimum atomic E-state index is 1.29. The third kappa shape index (κ3) is 3.01. The van der Waals surface area contributed by atoms with Gasteiger partial charge in [0.2, 0.25) is 0 Å². The summed E-state index contributed by atoms with van der Waals surface area (Å²) in [6.07, 6.45) is 0. The first-order valence-corrected chi connectivity index (χ1v) is 10.1.